The van der Waals surface area contributed by atoms with Gasteiger partial charge in [0.1, 0.15) is 0 Å². The molecule has 4 nitrogen and oxygen atoms in total. The maximum atomic E-state index is 15.1. The van der Waals surface area contributed by atoms with Crippen molar-refractivity contribution in [1.29, 1.82) is 0 Å². The van der Waals surface area contributed by atoms with Gasteiger partial charge < -0.3 is 14.2 Å². The molecule has 1 aromatic carbocycles. The third-order valence-electron chi connectivity index (χ3n) is 5.85. The molecule has 1 saturated carbocycles. The molecule has 5 heteroatoms. The van der Waals surface area contributed by atoms with E-state index in [1.54, 1.807) is 18.2 Å². The Morgan fingerprint density at radius 1 is 1.10 bits per heavy atom. The molecular formula is C25H37FO4. The highest BCUT2D eigenvalue weighted by molar-refractivity contribution is 5.94. The molecule has 1 aliphatic carbocycles. The van der Waals surface area contributed by atoms with Gasteiger partial charge in [0.25, 0.3) is 0 Å². The summed E-state index contributed by atoms with van der Waals surface area (Å²) in [5.74, 6) is 0.321. The fourth-order valence-electron chi connectivity index (χ4n) is 4.20. The van der Waals surface area contributed by atoms with Crippen molar-refractivity contribution in [3.63, 3.8) is 0 Å². The third kappa shape index (κ3) is 6.48. The van der Waals surface area contributed by atoms with Gasteiger partial charge in [-0.15, -0.1) is 0 Å². The third-order valence-corrected chi connectivity index (χ3v) is 5.85. The van der Waals surface area contributed by atoms with Gasteiger partial charge in [-0.05, 0) is 69.1 Å². The number of methoxy groups -OCH3 is 1. The van der Waals surface area contributed by atoms with E-state index in [4.69, 9.17) is 14.2 Å². The highest BCUT2D eigenvalue weighted by atomic mass is 19.1. The topological polar surface area (TPSA) is 44.8 Å². The molecule has 0 heterocycles. The average molecular weight is 421 g/mol. The summed E-state index contributed by atoms with van der Waals surface area (Å²) in [4.78, 5) is 12.6. The molecule has 0 unspecified atom stereocenters. The van der Waals surface area contributed by atoms with E-state index in [-0.39, 0.29) is 23.4 Å². The maximum Gasteiger partial charge on any atom is 0.334 e. The molecule has 0 aromatic heterocycles. The van der Waals surface area contributed by atoms with Gasteiger partial charge in [-0.1, -0.05) is 33.1 Å². The summed E-state index contributed by atoms with van der Waals surface area (Å²) in [5, 5.41) is 0. The average Bonchev–Trinajstić information content (AvgIpc) is 2.76. The molecule has 0 radical (unpaired) electrons. The van der Waals surface area contributed by atoms with Crippen LogP contribution in [0.5, 0.6) is 11.5 Å². The lowest BCUT2D eigenvalue weighted by atomic mass is 9.76. The van der Waals surface area contributed by atoms with Crippen LogP contribution in [-0.2, 0) is 9.53 Å². The van der Waals surface area contributed by atoms with Crippen LogP contribution >= 0.6 is 0 Å². The molecule has 1 fully saturated rings. The Kier molecular flexibility index (Phi) is 10.2. The van der Waals surface area contributed by atoms with Crippen LogP contribution in [0.2, 0.25) is 0 Å². The number of hydrogen-bond acceptors (Lipinski definition) is 4. The fourth-order valence-corrected chi connectivity index (χ4v) is 4.20. The summed E-state index contributed by atoms with van der Waals surface area (Å²) < 4.78 is 31.3. The lowest BCUT2D eigenvalue weighted by Gasteiger charge is -2.29. The Hall–Kier alpha value is -2.04. The lowest BCUT2D eigenvalue weighted by molar-refractivity contribution is -0.136. The van der Waals surface area contributed by atoms with Crippen LogP contribution < -0.4 is 9.47 Å². The Morgan fingerprint density at radius 2 is 1.83 bits per heavy atom. The van der Waals surface area contributed by atoms with Crippen molar-refractivity contribution in [2.45, 2.75) is 72.1 Å². The first-order valence-electron chi connectivity index (χ1n) is 11.4. The number of ether oxygens (including phenoxy) is 3. The SMILES string of the molecule is CCCCOc1c(C=C(C(=O)OC)C2CCC(CCC)CC2)ccc(OCC)c1F. The van der Waals surface area contributed by atoms with Crippen molar-refractivity contribution >= 4 is 12.0 Å². The van der Waals surface area contributed by atoms with Crippen molar-refractivity contribution in [2.24, 2.45) is 11.8 Å². The first kappa shape index (κ1) is 24.2. The summed E-state index contributed by atoms with van der Waals surface area (Å²) in [6.07, 6.45) is 10.1. The Bertz CT molecular complexity index is 705. The molecule has 0 bridgehead atoms. The molecule has 0 saturated heterocycles. The molecule has 0 spiro atoms. The number of esters is 1. The van der Waals surface area contributed by atoms with Gasteiger partial charge in [0.15, 0.2) is 11.5 Å². The second-order valence-corrected chi connectivity index (χ2v) is 8.03. The van der Waals surface area contributed by atoms with Gasteiger partial charge in [-0.3, -0.25) is 0 Å². The maximum absolute atomic E-state index is 15.1. The molecule has 1 aromatic rings. The van der Waals surface area contributed by atoms with E-state index >= 15 is 4.39 Å². The van der Waals surface area contributed by atoms with E-state index in [9.17, 15) is 4.79 Å². The van der Waals surface area contributed by atoms with Crippen LogP contribution in [0.4, 0.5) is 4.39 Å². The zero-order valence-corrected chi connectivity index (χ0v) is 19.0. The largest absolute Gasteiger partial charge is 0.491 e. The van der Waals surface area contributed by atoms with Gasteiger partial charge in [0.2, 0.25) is 5.82 Å². The Balaban J connectivity index is 2.36. The van der Waals surface area contributed by atoms with E-state index in [1.165, 1.54) is 20.0 Å². The van der Waals surface area contributed by atoms with Crippen molar-refractivity contribution in [1.82, 2.24) is 0 Å². The number of carbonyl (C=O) groups is 1. The number of halogens is 1. The molecule has 168 valence electrons. The summed E-state index contributed by atoms with van der Waals surface area (Å²) in [7, 11) is 1.40. The van der Waals surface area contributed by atoms with E-state index in [2.05, 4.69) is 13.8 Å². The van der Waals surface area contributed by atoms with Gasteiger partial charge in [0.05, 0.1) is 20.3 Å². The minimum Gasteiger partial charge on any atom is -0.491 e. The number of carbonyl (C=O) groups excluding carboxylic acids is 1. The predicted molar refractivity (Wildman–Crippen MR) is 118 cm³/mol. The molecular weight excluding hydrogens is 383 g/mol. The lowest BCUT2D eigenvalue weighted by Crippen LogP contribution is -2.21. The molecule has 0 aliphatic heterocycles. The number of unbranched alkanes of at least 4 members (excludes halogenated alkanes) is 1. The van der Waals surface area contributed by atoms with E-state index in [0.29, 0.717) is 24.4 Å². The van der Waals surface area contributed by atoms with E-state index < -0.39 is 5.82 Å². The van der Waals surface area contributed by atoms with Crippen molar-refractivity contribution < 1.29 is 23.4 Å². The second-order valence-electron chi connectivity index (χ2n) is 8.03. The highest BCUT2D eigenvalue weighted by Crippen LogP contribution is 2.38. The number of rotatable bonds is 11. The minimum absolute atomic E-state index is 0.128. The van der Waals surface area contributed by atoms with Crippen molar-refractivity contribution in [3.05, 3.63) is 29.1 Å². The van der Waals surface area contributed by atoms with Crippen LogP contribution in [0.3, 0.4) is 0 Å². The van der Waals surface area contributed by atoms with Crippen LogP contribution in [0, 0.1) is 17.7 Å². The summed E-state index contributed by atoms with van der Waals surface area (Å²) in [6, 6.07) is 3.37. The minimum atomic E-state index is -0.516. The Labute approximate surface area is 180 Å². The number of hydrogen-bond donors (Lipinski definition) is 0. The van der Waals surface area contributed by atoms with Crippen LogP contribution in [0.25, 0.3) is 6.08 Å². The van der Waals surface area contributed by atoms with Crippen molar-refractivity contribution in [3.8, 4) is 11.5 Å². The fraction of sp³-hybridized carbons (Fsp3) is 0.640. The first-order valence-corrected chi connectivity index (χ1v) is 11.4. The summed E-state index contributed by atoms with van der Waals surface area (Å²) >= 11 is 0. The smallest absolute Gasteiger partial charge is 0.334 e. The van der Waals surface area contributed by atoms with Crippen LogP contribution in [0.15, 0.2) is 17.7 Å². The highest BCUT2D eigenvalue weighted by Gasteiger charge is 2.28. The normalized spacial score (nSPS) is 19.4. The number of benzene rings is 1. The molecule has 0 atom stereocenters. The quantitative estimate of drug-likeness (QED) is 0.231. The zero-order chi connectivity index (χ0) is 21.9. The van der Waals surface area contributed by atoms with Crippen molar-refractivity contribution in [2.75, 3.05) is 20.3 Å². The van der Waals surface area contributed by atoms with Gasteiger partial charge in [0, 0.05) is 11.1 Å². The summed E-state index contributed by atoms with van der Waals surface area (Å²) in [5.41, 5.74) is 1.17. The first-order chi connectivity index (χ1) is 14.5. The standard InChI is InChI=1S/C25H37FO4/c1-5-8-16-30-24-20(14-15-22(23(24)26)29-7-3)17-21(25(27)28-4)19-12-10-18(9-6-2)11-13-19/h14-15,17-19H,5-13,16H2,1-4H3. The van der Waals surface area contributed by atoms with Crippen LogP contribution in [-0.4, -0.2) is 26.3 Å². The van der Waals surface area contributed by atoms with Gasteiger partial charge in [-0.25, -0.2) is 4.79 Å². The predicted octanol–water partition coefficient (Wildman–Crippen LogP) is 6.57. The van der Waals surface area contributed by atoms with Gasteiger partial charge in [-0.2, -0.15) is 4.39 Å². The molecule has 1 aliphatic rings. The Morgan fingerprint density at radius 3 is 2.43 bits per heavy atom. The van der Waals surface area contributed by atoms with E-state index in [0.717, 1.165) is 44.4 Å². The zero-order valence-electron chi connectivity index (χ0n) is 19.0. The molecule has 0 N–H and O–H groups in total. The molecule has 2 rings (SSSR count). The monoisotopic (exact) mass is 420 g/mol. The van der Waals surface area contributed by atoms with Gasteiger partial charge >= 0.3 is 5.97 Å². The second kappa shape index (κ2) is 12.6. The van der Waals surface area contributed by atoms with Crippen LogP contribution in [0.1, 0.15) is 77.7 Å². The molecule has 0 amide bonds. The van der Waals surface area contributed by atoms with E-state index in [1.807, 2.05) is 6.92 Å². The summed E-state index contributed by atoms with van der Waals surface area (Å²) in [6.45, 7) is 6.87. The molecule has 30 heavy (non-hydrogen) atoms.